The van der Waals surface area contributed by atoms with E-state index in [0.717, 1.165) is 37.3 Å². The second kappa shape index (κ2) is 9.24. The molecule has 0 saturated carbocycles. The van der Waals surface area contributed by atoms with Crippen molar-refractivity contribution >= 4 is 45.2 Å². The summed E-state index contributed by atoms with van der Waals surface area (Å²) in [5.74, 6) is -0.114. The van der Waals surface area contributed by atoms with Crippen LogP contribution in [0.25, 0.3) is 0 Å². The third-order valence-corrected chi connectivity index (χ3v) is 6.15. The number of carbonyl (C=O) groups excluding carboxylic acids is 2. The number of aryl methyl sites for hydroxylation is 3. The molecule has 6 heteroatoms. The number of rotatable bonds is 6. The maximum Gasteiger partial charge on any atom is 0.243 e. The van der Waals surface area contributed by atoms with Gasteiger partial charge in [-0.05, 0) is 68.1 Å². The average molecular weight is 435 g/mol. The summed E-state index contributed by atoms with van der Waals surface area (Å²) in [7, 11) is 0. The molecule has 0 aliphatic carbocycles. The molecule has 2 N–H and O–H groups in total. The Bertz CT molecular complexity index is 837. The van der Waals surface area contributed by atoms with Gasteiger partial charge in [-0.1, -0.05) is 28.1 Å². The Morgan fingerprint density at radius 1 is 1.00 bits per heavy atom. The summed E-state index contributed by atoms with van der Waals surface area (Å²) in [6, 6.07) is 9.86. The predicted molar refractivity (Wildman–Crippen MR) is 112 cm³/mol. The van der Waals surface area contributed by atoms with Gasteiger partial charge < -0.3 is 10.6 Å². The lowest BCUT2D eigenvalue weighted by Crippen LogP contribution is -2.34. The molecule has 0 atom stereocenters. The first-order chi connectivity index (χ1) is 12.3. The summed E-state index contributed by atoms with van der Waals surface area (Å²) in [6.45, 7) is 7.96. The molecule has 0 saturated heterocycles. The van der Waals surface area contributed by atoms with E-state index in [1.807, 2.05) is 52.0 Å². The van der Waals surface area contributed by atoms with Crippen LogP contribution in [0.3, 0.4) is 0 Å². The van der Waals surface area contributed by atoms with Crippen molar-refractivity contribution in [2.75, 3.05) is 17.6 Å². The van der Waals surface area contributed by atoms with Gasteiger partial charge in [0.2, 0.25) is 11.8 Å². The Balaban J connectivity index is 1.82. The lowest BCUT2D eigenvalue weighted by atomic mass is 10.1. The molecular weight excluding hydrogens is 412 g/mol. The number of carbonyl (C=O) groups is 2. The molecule has 0 spiro atoms. The van der Waals surface area contributed by atoms with Crippen molar-refractivity contribution < 1.29 is 9.59 Å². The molecule has 2 rings (SSSR count). The number of benzene rings is 2. The molecule has 2 aromatic rings. The molecule has 26 heavy (non-hydrogen) atoms. The zero-order valence-electron chi connectivity index (χ0n) is 15.4. The van der Waals surface area contributed by atoms with Gasteiger partial charge in [-0.25, -0.2) is 0 Å². The SMILES string of the molecule is Cc1cc(SCC(=O)NCC(=O)Nc2cccc(C)c2C)c(C)cc1Br. The van der Waals surface area contributed by atoms with Gasteiger partial charge in [0.1, 0.15) is 0 Å². The Labute approximate surface area is 167 Å². The molecule has 2 amide bonds. The van der Waals surface area contributed by atoms with Gasteiger partial charge in [0.05, 0.1) is 12.3 Å². The van der Waals surface area contributed by atoms with Crippen LogP contribution < -0.4 is 10.6 Å². The number of hydrogen-bond donors (Lipinski definition) is 2. The standard InChI is InChI=1S/C20H23BrN2O2S/c1-12-6-5-7-17(15(12)4)23-19(24)10-22-20(25)11-26-18-9-13(2)16(21)8-14(18)3/h5-9H,10-11H2,1-4H3,(H,22,25)(H,23,24). The molecule has 0 radical (unpaired) electrons. The monoisotopic (exact) mass is 434 g/mol. The minimum atomic E-state index is -0.229. The van der Waals surface area contributed by atoms with Gasteiger partial charge in [-0.15, -0.1) is 11.8 Å². The van der Waals surface area contributed by atoms with E-state index in [1.165, 1.54) is 11.8 Å². The van der Waals surface area contributed by atoms with Crippen LogP contribution >= 0.6 is 27.7 Å². The summed E-state index contributed by atoms with van der Waals surface area (Å²) < 4.78 is 1.06. The number of anilines is 1. The Morgan fingerprint density at radius 2 is 1.73 bits per heavy atom. The quantitative estimate of drug-likeness (QED) is 0.656. The summed E-state index contributed by atoms with van der Waals surface area (Å²) in [5, 5.41) is 5.51. The predicted octanol–water partition coefficient (Wildman–Crippen LogP) is 4.53. The van der Waals surface area contributed by atoms with Crippen molar-refractivity contribution in [3.8, 4) is 0 Å². The van der Waals surface area contributed by atoms with E-state index in [9.17, 15) is 9.59 Å². The van der Waals surface area contributed by atoms with Gasteiger partial charge in [0.15, 0.2) is 0 Å². The number of halogens is 1. The van der Waals surface area contributed by atoms with Crippen LogP contribution in [-0.2, 0) is 9.59 Å². The fourth-order valence-electron chi connectivity index (χ4n) is 2.36. The second-order valence-electron chi connectivity index (χ2n) is 6.23. The van der Waals surface area contributed by atoms with E-state index in [0.29, 0.717) is 0 Å². The molecule has 4 nitrogen and oxygen atoms in total. The van der Waals surface area contributed by atoms with Crippen LogP contribution in [0.1, 0.15) is 22.3 Å². The Morgan fingerprint density at radius 3 is 2.46 bits per heavy atom. The van der Waals surface area contributed by atoms with Crippen molar-refractivity contribution in [2.24, 2.45) is 0 Å². The fourth-order valence-corrected chi connectivity index (χ4v) is 3.76. The van der Waals surface area contributed by atoms with Gasteiger partial charge in [0, 0.05) is 15.1 Å². The molecule has 0 aliphatic rings. The molecule has 0 aromatic heterocycles. The normalized spacial score (nSPS) is 10.5. The fraction of sp³-hybridized carbons (Fsp3) is 0.300. The van der Waals surface area contributed by atoms with Gasteiger partial charge >= 0.3 is 0 Å². The van der Waals surface area contributed by atoms with Crippen molar-refractivity contribution in [3.05, 3.63) is 57.1 Å². The summed E-state index contributed by atoms with van der Waals surface area (Å²) in [5.41, 5.74) is 5.17. The highest BCUT2D eigenvalue weighted by Crippen LogP contribution is 2.28. The summed E-state index contributed by atoms with van der Waals surface area (Å²) >= 11 is 4.98. The molecule has 2 aromatic carbocycles. The zero-order chi connectivity index (χ0) is 19.3. The third kappa shape index (κ3) is 5.61. The van der Waals surface area contributed by atoms with E-state index in [-0.39, 0.29) is 24.1 Å². The lowest BCUT2D eigenvalue weighted by molar-refractivity contribution is -0.122. The van der Waals surface area contributed by atoms with Gasteiger partial charge in [-0.2, -0.15) is 0 Å². The van der Waals surface area contributed by atoms with Gasteiger partial charge in [-0.3, -0.25) is 9.59 Å². The van der Waals surface area contributed by atoms with Crippen molar-refractivity contribution in [1.82, 2.24) is 5.32 Å². The largest absolute Gasteiger partial charge is 0.346 e. The topological polar surface area (TPSA) is 58.2 Å². The molecule has 0 heterocycles. The molecule has 0 aliphatic heterocycles. The summed E-state index contributed by atoms with van der Waals surface area (Å²) in [6.07, 6.45) is 0. The molecule has 0 unspecified atom stereocenters. The van der Waals surface area contributed by atoms with E-state index in [2.05, 4.69) is 32.6 Å². The van der Waals surface area contributed by atoms with E-state index in [1.54, 1.807) is 0 Å². The third-order valence-electron chi connectivity index (χ3n) is 4.14. The van der Waals surface area contributed by atoms with Crippen LogP contribution in [0.5, 0.6) is 0 Å². The average Bonchev–Trinajstić information content (AvgIpc) is 2.59. The molecular formula is C20H23BrN2O2S. The summed E-state index contributed by atoms with van der Waals surface area (Å²) in [4.78, 5) is 25.2. The first kappa shape index (κ1) is 20.5. The smallest absolute Gasteiger partial charge is 0.243 e. The lowest BCUT2D eigenvalue weighted by Gasteiger charge is -2.11. The van der Waals surface area contributed by atoms with Crippen molar-refractivity contribution in [1.29, 1.82) is 0 Å². The molecule has 0 fully saturated rings. The van der Waals surface area contributed by atoms with Crippen LogP contribution in [0.4, 0.5) is 5.69 Å². The highest BCUT2D eigenvalue weighted by atomic mass is 79.9. The maximum absolute atomic E-state index is 12.1. The number of amides is 2. The Kier molecular flexibility index (Phi) is 7.29. The van der Waals surface area contributed by atoms with E-state index >= 15 is 0 Å². The number of thioether (sulfide) groups is 1. The van der Waals surface area contributed by atoms with E-state index < -0.39 is 0 Å². The van der Waals surface area contributed by atoms with E-state index in [4.69, 9.17) is 0 Å². The minimum Gasteiger partial charge on any atom is -0.346 e. The zero-order valence-corrected chi connectivity index (χ0v) is 17.8. The van der Waals surface area contributed by atoms with Crippen LogP contribution in [0.2, 0.25) is 0 Å². The van der Waals surface area contributed by atoms with Crippen LogP contribution in [0, 0.1) is 27.7 Å². The van der Waals surface area contributed by atoms with Crippen LogP contribution in [-0.4, -0.2) is 24.1 Å². The molecule has 138 valence electrons. The van der Waals surface area contributed by atoms with Crippen molar-refractivity contribution in [2.45, 2.75) is 32.6 Å². The number of nitrogens with one attached hydrogen (secondary N) is 2. The number of hydrogen-bond acceptors (Lipinski definition) is 3. The minimum absolute atomic E-state index is 0.0366. The van der Waals surface area contributed by atoms with Crippen LogP contribution in [0.15, 0.2) is 39.7 Å². The van der Waals surface area contributed by atoms with Crippen molar-refractivity contribution in [3.63, 3.8) is 0 Å². The highest BCUT2D eigenvalue weighted by molar-refractivity contribution is 9.10. The Hall–Kier alpha value is -1.79. The molecule has 0 bridgehead atoms. The second-order valence-corrected chi connectivity index (χ2v) is 8.10. The first-order valence-electron chi connectivity index (χ1n) is 8.30. The highest BCUT2D eigenvalue weighted by Gasteiger charge is 2.10. The maximum atomic E-state index is 12.1. The van der Waals surface area contributed by atoms with Gasteiger partial charge in [0.25, 0.3) is 0 Å². The first-order valence-corrected chi connectivity index (χ1v) is 10.1.